The smallest absolute Gasteiger partial charge is 0.242 e. The molecule has 1 rings (SSSR count). The molecule has 4 nitrogen and oxygen atoms in total. The van der Waals surface area contributed by atoms with Gasteiger partial charge in [-0.3, -0.25) is 4.79 Å². The van der Waals surface area contributed by atoms with Crippen molar-refractivity contribution >= 4 is 28.8 Å². The molecule has 0 aliphatic rings. The number of rotatable bonds is 4. The summed E-state index contributed by atoms with van der Waals surface area (Å²) in [6.45, 7) is 7.04. The third-order valence-electron chi connectivity index (χ3n) is 2.61. The monoisotopic (exact) mass is 315 g/mol. The molecule has 1 aromatic rings. The van der Waals surface area contributed by atoms with E-state index < -0.39 is 23.2 Å². The number of nitrogens with two attached hydrogens (primary N) is 1. The van der Waals surface area contributed by atoms with Crippen LogP contribution in [-0.4, -0.2) is 22.5 Å². The summed E-state index contributed by atoms with van der Waals surface area (Å²) >= 11 is 4.63. The van der Waals surface area contributed by atoms with Gasteiger partial charge in [-0.1, -0.05) is 12.2 Å². The van der Waals surface area contributed by atoms with E-state index in [4.69, 9.17) is 5.73 Å². The number of halogens is 2. The zero-order valence-electron chi connectivity index (χ0n) is 12.4. The minimum Gasteiger partial charge on any atom is -0.389 e. The van der Waals surface area contributed by atoms with Crippen LogP contribution in [-0.2, 0) is 4.79 Å². The van der Waals surface area contributed by atoms with Gasteiger partial charge in [0.1, 0.15) is 11.0 Å². The molecule has 0 aliphatic heterocycles. The molecule has 7 heteroatoms. The molecule has 0 fully saturated rings. The molecule has 1 aromatic carbocycles. The van der Waals surface area contributed by atoms with Gasteiger partial charge >= 0.3 is 0 Å². The third-order valence-corrected chi connectivity index (χ3v) is 2.83. The fourth-order valence-corrected chi connectivity index (χ4v) is 1.79. The van der Waals surface area contributed by atoms with E-state index in [1.54, 1.807) is 6.92 Å². The normalized spacial score (nSPS) is 12.7. The van der Waals surface area contributed by atoms with Crippen LogP contribution in [0.1, 0.15) is 33.3 Å². The first kappa shape index (κ1) is 17.3. The van der Waals surface area contributed by atoms with Crippen molar-refractivity contribution in [3.05, 3.63) is 29.3 Å². The molecular formula is C14H19F2N3OS. The zero-order valence-corrected chi connectivity index (χ0v) is 13.2. The van der Waals surface area contributed by atoms with Crippen molar-refractivity contribution in [2.45, 2.75) is 39.3 Å². The standard InChI is InChI=1S/C14H19F2N3OS/c1-7(13(20)19-14(2,3)4)18-9-6-5-8(12(17)21)10(15)11(9)16/h5-7,18H,1-4H3,(H2,17,21)(H,19,20). The molecule has 1 amide bonds. The summed E-state index contributed by atoms with van der Waals surface area (Å²) in [4.78, 5) is 11.7. The highest BCUT2D eigenvalue weighted by Crippen LogP contribution is 2.21. The molecule has 1 atom stereocenters. The SMILES string of the molecule is CC(Nc1ccc(C(N)=S)c(F)c1F)C(=O)NC(C)(C)C. The molecule has 0 heterocycles. The van der Waals surface area contributed by atoms with Gasteiger partial charge in [-0.2, -0.15) is 0 Å². The molecule has 21 heavy (non-hydrogen) atoms. The average Bonchev–Trinajstić information content (AvgIpc) is 2.32. The molecule has 0 aliphatic carbocycles. The van der Waals surface area contributed by atoms with Crippen molar-refractivity contribution in [1.82, 2.24) is 5.32 Å². The Morgan fingerprint density at radius 1 is 1.29 bits per heavy atom. The van der Waals surface area contributed by atoms with Crippen molar-refractivity contribution in [2.24, 2.45) is 5.73 Å². The van der Waals surface area contributed by atoms with Gasteiger partial charge in [0.25, 0.3) is 0 Å². The van der Waals surface area contributed by atoms with Gasteiger partial charge in [0.05, 0.1) is 5.69 Å². The molecule has 4 N–H and O–H groups in total. The summed E-state index contributed by atoms with van der Waals surface area (Å²) in [6, 6.07) is 1.85. The second-order valence-corrected chi connectivity index (χ2v) is 6.20. The van der Waals surface area contributed by atoms with E-state index in [2.05, 4.69) is 22.9 Å². The number of nitrogens with one attached hydrogen (secondary N) is 2. The van der Waals surface area contributed by atoms with Crippen LogP contribution in [0.15, 0.2) is 12.1 Å². The van der Waals surface area contributed by atoms with Crippen molar-refractivity contribution in [3.63, 3.8) is 0 Å². The van der Waals surface area contributed by atoms with Crippen LogP contribution in [0, 0.1) is 11.6 Å². The van der Waals surface area contributed by atoms with Gasteiger partial charge in [0.2, 0.25) is 5.91 Å². The summed E-state index contributed by atoms with van der Waals surface area (Å²) < 4.78 is 27.7. The van der Waals surface area contributed by atoms with Gasteiger partial charge in [0.15, 0.2) is 11.6 Å². The maximum atomic E-state index is 13.9. The Kier molecular flexibility index (Phi) is 5.22. The molecule has 0 saturated carbocycles. The number of carbonyl (C=O) groups is 1. The Bertz CT molecular complexity index is 570. The van der Waals surface area contributed by atoms with Crippen molar-refractivity contribution in [2.75, 3.05) is 5.32 Å². The molecule has 0 aromatic heterocycles. The van der Waals surface area contributed by atoms with E-state index in [1.165, 1.54) is 12.1 Å². The Hall–Kier alpha value is -1.76. The van der Waals surface area contributed by atoms with Gasteiger partial charge in [0, 0.05) is 11.1 Å². The minimum absolute atomic E-state index is 0.121. The van der Waals surface area contributed by atoms with Crippen LogP contribution in [0.25, 0.3) is 0 Å². The summed E-state index contributed by atoms with van der Waals surface area (Å²) in [5.41, 5.74) is 4.59. The number of hydrogen-bond acceptors (Lipinski definition) is 3. The predicted octanol–water partition coefficient (Wildman–Crippen LogP) is 2.31. The van der Waals surface area contributed by atoms with E-state index in [0.717, 1.165) is 0 Å². The second kappa shape index (κ2) is 6.34. The summed E-state index contributed by atoms with van der Waals surface area (Å²) in [6.07, 6.45) is 0. The maximum Gasteiger partial charge on any atom is 0.242 e. The predicted molar refractivity (Wildman–Crippen MR) is 83.2 cm³/mol. The highest BCUT2D eigenvalue weighted by atomic mass is 32.1. The lowest BCUT2D eigenvalue weighted by atomic mass is 10.1. The van der Waals surface area contributed by atoms with Crippen LogP contribution >= 0.6 is 12.2 Å². The van der Waals surface area contributed by atoms with E-state index in [-0.39, 0.29) is 22.1 Å². The highest BCUT2D eigenvalue weighted by molar-refractivity contribution is 7.80. The van der Waals surface area contributed by atoms with E-state index in [1.807, 2.05) is 20.8 Å². The summed E-state index contributed by atoms with van der Waals surface area (Å²) in [5.74, 6) is -2.56. The number of hydrogen-bond donors (Lipinski definition) is 3. The fourth-order valence-electron chi connectivity index (χ4n) is 1.63. The minimum atomic E-state index is -1.13. The van der Waals surface area contributed by atoms with Crippen LogP contribution in [0.2, 0.25) is 0 Å². The third kappa shape index (κ3) is 4.63. The molecule has 116 valence electrons. The van der Waals surface area contributed by atoms with Crippen LogP contribution in [0.5, 0.6) is 0 Å². The average molecular weight is 315 g/mol. The first-order valence-electron chi connectivity index (χ1n) is 6.39. The van der Waals surface area contributed by atoms with E-state index in [9.17, 15) is 13.6 Å². The Labute approximate surface area is 128 Å². The highest BCUT2D eigenvalue weighted by Gasteiger charge is 2.21. The number of thiocarbonyl (C=S) groups is 1. The lowest BCUT2D eigenvalue weighted by molar-refractivity contribution is -0.122. The number of carbonyl (C=O) groups excluding carboxylic acids is 1. The van der Waals surface area contributed by atoms with Gasteiger partial charge in [-0.15, -0.1) is 0 Å². The summed E-state index contributed by atoms with van der Waals surface area (Å²) in [7, 11) is 0. The number of amides is 1. The largest absolute Gasteiger partial charge is 0.389 e. The summed E-state index contributed by atoms with van der Waals surface area (Å²) in [5, 5.41) is 5.37. The lowest BCUT2D eigenvalue weighted by Crippen LogP contribution is -2.47. The van der Waals surface area contributed by atoms with E-state index in [0.29, 0.717) is 0 Å². The van der Waals surface area contributed by atoms with Gasteiger partial charge < -0.3 is 16.4 Å². The van der Waals surface area contributed by atoms with Crippen molar-refractivity contribution in [3.8, 4) is 0 Å². The Morgan fingerprint density at radius 3 is 2.33 bits per heavy atom. The van der Waals surface area contributed by atoms with Gasteiger partial charge in [-0.25, -0.2) is 8.78 Å². The number of anilines is 1. The molecule has 1 unspecified atom stereocenters. The topological polar surface area (TPSA) is 67.1 Å². The van der Waals surface area contributed by atoms with E-state index >= 15 is 0 Å². The zero-order chi connectivity index (χ0) is 16.4. The van der Waals surface area contributed by atoms with Crippen molar-refractivity contribution in [1.29, 1.82) is 0 Å². The van der Waals surface area contributed by atoms with Crippen LogP contribution in [0.4, 0.5) is 14.5 Å². The molecule has 0 bridgehead atoms. The lowest BCUT2D eigenvalue weighted by Gasteiger charge is -2.24. The quantitative estimate of drug-likeness (QED) is 0.746. The fraction of sp³-hybridized carbons (Fsp3) is 0.429. The number of benzene rings is 1. The molecule has 0 spiro atoms. The molecule has 0 radical (unpaired) electrons. The molecular weight excluding hydrogens is 296 g/mol. The van der Waals surface area contributed by atoms with Crippen LogP contribution < -0.4 is 16.4 Å². The first-order chi connectivity index (χ1) is 9.53. The Morgan fingerprint density at radius 2 is 1.86 bits per heavy atom. The first-order valence-corrected chi connectivity index (χ1v) is 6.80. The molecule has 0 saturated heterocycles. The second-order valence-electron chi connectivity index (χ2n) is 5.76. The van der Waals surface area contributed by atoms with Crippen LogP contribution in [0.3, 0.4) is 0 Å². The maximum absolute atomic E-state index is 13.9. The van der Waals surface area contributed by atoms with Gasteiger partial charge in [-0.05, 0) is 39.8 Å². The van der Waals surface area contributed by atoms with Crippen molar-refractivity contribution < 1.29 is 13.6 Å². The Balaban J connectivity index is 2.91.